The molecule has 6 nitrogen and oxygen atoms in total. The van der Waals surface area contributed by atoms with Gasteiger partial charge in [-0.1, -0.05) is 12.1 Å². The average Bonchev–Trinajstić information content (AvgIpc) is 3.11. The zero-order chi connectivity index (χ0) is 15.1. The highest BCUT2D eigenvalue weighted by Crippen LogP contribution is 2.10. The maximum atomic E-state index is 5.22. The van der Waals surface area contributed by atoms with E-state index in [0.717, 1.165) is 41.8 Å². The van der Waals surface area contributed by atoms with E-state index >= 15 is 0 Å². The highest BCUT2D eigenvalue weighted by Gasteiger charge is 2.04. The van der Waals surface area contributed by atoms with Crippen LogP contribution in [0.1, 0.15) is 28.3 Å². The van der Waals surface area contributed by atoms with Crippen LogP contribution in [-0.2, 0) is 19.4 Å². The van der Waals surface area contributed by atoms with Crippen molar-refractivity contribution < 1.29 is 4.52 Å². The summed E-state index contributed by atoms with van der Waals surface area (Å²) < 4.78 is 5.22. The van der Waals surface area contributed by atoms with Gasteiger partial charge in [0.2, 0.25) is 0 Å². The second-order valence-electron chi connectivity index (χ2n) is 4.61. The van der Waals surface area contributed by atoms with Crippen LogP contribution in [0.15, 0.2) is 21.8 Å². The first-order valence-corrected chi connectivity index (χ1v) is 7.83. The number of rotatable bonds is 6. The van der Waals surface area contributed by atoms with Crippen LogP contribution in [0.2, 0.25) is 0 Å². The molecule has 0 spiro atoms. The molecule has 2 N–H and O–H groups in total. The monoisotopic (exact) mass is 435 g/mol. The van der Waals surface area contributed by atoms with Crippen LogP contribution in [0.4, 0.5) is 0 Å². The minimum Gasteiger partial charge on any atom is -0.359 e. The van der Waals surface area contributed by atoms with Crippen molar-refractivity contribution in [2.24, 2.45) is 4.99 Å². The van der Waals surface area contributed by atoms with E-state index in [4.69, 9.17) is 4.52 Å². The fourth-order valence-electron chi connectivity index (χ4n) is 1.80. The lowest BCUT2D eigenvalue weighted by Gasteiger charge is -2.09. The van der Waals surface area contributed by atoms with Gasteiger partial charge in [-0.3, -0.25) is 4.99 Å². The summed E-state index contributed by atoms with van der Waals surface area (Å²) >= 11 is 1.73. The molecule has 2 heterocycles. The van der Waals surface area contributed by atoms with Gasteiger partial charge < -0.3 is 15.2 Å². The number of thiazole rings is 1. The summed E-state index contributed by atoms with van der Waals surface area (Å²) in [6.07, 6.45) is 3.67. The molecule has 0 fully saturated rings. The average molecular weight is 435 g/mol. The van der Waals surface area contributed by atoms with Crippen molar-refractivity contribution in [1.29, 1.82) is 0 Å². The van der Waals surface area contributed by atoms with Crippen molar-refractivity contribution in [3.05, 3.63) is 33.6 Å². The first-order chi connectivity index (χ1) is 10.2. The number of nitrogens with one attached hydrogen (secondary N) is 2. The molecule has 0 aromatic carbocycles. The summed E-state index contributed by atoms with van der Waals surface area (Å²) in [6.45, 7) is 5.49. The predicted octanol–water partition coefficient (Wildman–Crippen LogP) is 2.53. The number of nitrogens with zero attached hydrogens (tertiary/aromatic N) is 3. The first kappa shape index (κ1) is 18.9. The van der Waals surface area contributed by atoms with Crippen molar-refractivity contribution in [3.8, 4) is 0 Å². The molecule has 0 amide bonds. The zero-order valence-electron chi connectivity index (χ0n) is 13.0. The minimum atomic E-state index is 0. The van der Waals surface area contributed by atoms with Gasteiger partial charge in [0.1, 0.15) is 0 Å². The standard InChI is InChI=1S/C14H21N5OS.HI/c1-4-11-7-12(20-19-11)9-18-14(15-3)16-6-5-13-17-8-10(2)21-13;/h7-8H,4-6,9H2,1-3H3,(H2,15,16,18);1H. The Morgan fingerprint density at radius 2 is 2.23 bits per heavy atom. The summed E-state index contributed by atoms with van der Waals surface area (Å²) in [5.41, 5.74) is 0.967. The summed E-state index contributed by atoms with van der Waals surface area (Å²) in [4.78, 5) is 9.76. The molecule has 2 aromatic rings. The Balaban J connectivity index is 0.00000242. The molecule has 0 unspecified atom stereocenters. The SMILES string of the molecule is CCc1cc(CNC(=NC)NCCc2ncc(C)s2)on1.I. The lowest BCUT2D eigenvalue weighted by Crippen LogP contribution is -2.37. The number of halogens is 1. The second kappa shape index (κ2) is 9.78. The maximum absolute atomic E-state index is 5.22. The van der Waals surface area contributed by atoms with Crippen LogP contribution in [0.25, 0.3) is 0 Å². The van der Waals surface area contributed by atoms with Gasteiger partial charge in [0, 0.05) is 37.2 Å². The van der Waals surface area contributed by atoms with E-state index in [0.29, 0.717) is 6.54 Å². The number of hydrogen-bond acceptors (Lipinski definition) is 5. The molecule has 0 atom stereocenters. The Morgan fingerprint density at radius 1 is 1.41 bits per heavy atom. The smallest absolute Gasteiger partial charge is 0.191 e. The Labute approximate surface area is 151 Å². The Morgan fingerprint density at radius 3 is 2.82 bits per heavy atom. The summed E-state index contributed by atoms with van der Waals surface area (Å²) in [6, 6.07) is 1.96. The molecule has 0 aliphatic heterocycles. The Bertz CT molecular complexity index is 596. The zero-order valence-corrected chi connectivity index (χ0v) is 16.2. The third-order valence-corrected chi connectivity index (χ3v) is 3.90. The van der Waals surface area contributed by atoms with Crippen molar-refractivity contribution in [3.63, 3.8) is 0 Å². The van der Waals surface area contributed by atoms with Crippen molar-refractivity contribution in [1.82, 2.24) is 20.8 Å². The van der Waals surface area contributed by atoms with Gasteiger partial charge >= 0.3 is 0 Å². The predicted molar refractivity (Wildman–Crippen MR) is 100 cm³/mol. The fourth-order valence-corrected chi connectivity index (χ4v) is 2.59. The molecule has 0 radical (unpaired) electrons. The van der Waals surface area contributed by atoms with Crippen molar-refractivity contribution >= 4 is 41.3 Å². The highest BCUT2D eigenvalue weighted by atomic mass is 127. The molecule has 0 saturated carbocycles. The fraction of sp³-hybridized carbons (Fsp3) is 0.500. The second-order valence-corrected chi connectivity index (χ2v) is 5.92. The van der Waals surface area contributed by atoms with Crippen LogP contribution in [0.3, 0.4) is 0 Å². The molecule has 0 aliphatic carbocycles. The molecule has 122 valence electrons. The summed E-state index contributed by atoms with van der Waals surface area (Å²) in [7, 11) is 1.75. The third-order valence-electron chi connectivity index (χ3n) is 2.92. The van der Waals surface area contributed by atoms with Crippen LogP contribution >= 0.6 is 35.3 Å². The van der Waals surface area contributed by atoms with Crippen molar-refractivity contribution in [2.75, 3.05) is 13.6 Å². The van der Waals surface area contributed by atoms with Crippen LogP contribution in [0, 0.1) is 6.92 Å². The number of aliphatic imine (C=N–C) groups is 1. The van der Waals surface area contributed by atoms with E-state index in [-0.39, 0.29) is 24.0 Å². The third kappa shape index (κ3) is 5.91. The summed E-state index contributed by atoms with van der Waals surface area (Å²) in [5, 5.41) is 11.6. The van der Waals surface area contributed by atoms with Gasteiger partial charge in [-0.05, 0) is 13.3 Å². The molecular formula is C14H22IN5OS. The maximum Gasteiger partial charge on any atom is 0.191 e. The van der Waals surface area contributed by atoms with E-state index in [1.807, 2.05) is 12.3 Å². The molecule has 0 saturated heterocycles. The van der Waals surface area contributed by atoms with Gasteiger partial charge in [-0.15, -0.1) is 35.3 Å². The lowest BCUT2D eigenvalue weighted by atomic mass is 10.3. The van der Waals surface area contributed by atoms with Crippen LogP contribution in [-0.4, -0.2) is 29.7 Å². The highest BCUT2D eigenvalue weighted by molar-refractivity contribution is 14.0. The van der Waals surface area contributed by atoms with Crippen LogP contribution in [0.5, 0.6) is 0 Å². The Kier molecular flexibility index (Phi) is 8.39. The van der Waals surface area contributed by atoms with E-state index in [9.17, 15) is 0 Å². The molecular weight excluding hydrogens is 413 g/mol. The largest absolute Gasteiger partial charge is 0.359 e. The Hall–Kier alpha value is -1.16. The number of aromatic nitrogens is 2. The molecule has 2 rings (SSSR count). The van der Waals surface area contributed by atoms with Gasteiger partial charge in [0.15, 0.2) is 11.7 Å². The van der Waals surface area contributed by atoms with Gasteiger partial charge in [-0.2, -0.15) is 0 Å². The molecule has 8 heteroatoms. The van der Waals surface area contributed by atoms with E-state index in [2.05, 4.69) is 39.6 Å². The van der Waals surface area contributed by atoms with Gasteiger partial charge in [0.25, 0.3) is 0 Å². The van der Waals surface area contributed by atoms with Crippen LogP contribution < -0.4 is 10.6 Å². The number of guanidine groups is 1. The van der Waals surface area contributed by atoms with Gasteiger partial charge in [0.05, 0.1) is 17.2 Å². The topological polar surface area (TPSA) is 75.3 Å². The van der Waals surface area contributed by atoms with E-state index < -0.39 is 0 Å². The number of hydrogen-bond donors (Lipinski definition) is 2. The van der Waals surface area contributed by atoms with Gasteiger partial charge in [-0.25, -0.2) is 4.98 Å². The van der Waals surface area contributed by atoms with E-state index in [1.165, 1.54) is 4.88 Å². The molecule has 0 bridgehead atoms. The minimum absolute atomic E-state index is 0. The molecule has 22 heavy (non-hydrogen) atoms. The van der Waals surface area contributed by atoms with Crippen molar-refractivity contribution in [2.45, 2.75) is 33.2 Å². The first-order valence-electron chi connectivity index (χ1n) is 7.01. The molecule has 0 aliphatic rings. The molecule has 2 aromatic heterocycles. The van der Waals surface area contributed by atoms with E-state index in [1.54, 1.807) is 18.4 Å². The normalized spacial score (nSPS) is 11.1. The quantitative estimate of drug-likeness (QED) is 0.415. The number of aryl methyl sites for hydroxylation is 2. The summed E-state index contributed by atoms with van der Waals surface area (Å²) in [5.74, 6) is 1.56. The lowest BCUT2D eigenvalue weighted by molar-refractivity contribution is 0.374.